The highest BCUT2D eigenvalue weighted by atomic mass is 15.1. The van der Waals surface area contributed by atoms with Crippen LogP contribution in [-0.4, -0.2) is 10.2 Å². The Morgan fingerprint density at radius 3 is 3.18 bits per heavy atom. The Hall–Kier alpha value is -1.44. The van der Waals surface area contributed by atoms with Crippen LogP contribution >= 0.6 is 0 Å². The van der Waals surface area contributed by atoms with Crippen LogP contribution in [0.15, 0.2) is 24.3 Å². The molecule has 11 heavy (non-hydrogen) atoms. The molecule has 0 atom stereocenters. The molecule has 0 fully saturated rings. The first kappa shape index (κ1) is 6.28. The number of aryl methyl sites for hydroxylation is 1. The maximum atomic E-state index is 4.00. The van der Waals surface area contributed by atoms with Gasteiger partial charge in [0.05, 0.1) is 11.2 Å². The van der Waals surface area contributed by atoms with E-state index < -0.39 is 0 Å². The third-order valence-electron chi connectivity index (χ3n) is 1.53. The minimum absolute atomic E-state index is 0.901. The lowest BCUT2D eigenvalue weighted by Crippen LogP contribution is -1.86. The summed E-state index contributed by atoms with van der Waals surface area (Å²) in [6, 6.07) is 10.8. The van der Waals surface area contributed by atoms with Crippen molar-refractivity contribution in [3.8, 4) is 0 Å². The van der Waals surface area contributed by atoms with Crippen LogP contribution in [0.25, 0.3) is 10.9 Å². The fraction of sp³-hybridized carbons (Fsp3) is 0.111. The van der Waals surface area contributed by atoms with Crippen molar-refractivity contribution in [1.29, 1.82) is 0 Å². The van der Waals surface area contributed by atoms with E-state index in [2.05, 4.69) is 16.3 Å². The van der Waals surface area contributed by atoms with Crippen molar-refractivity contribution in [3.63, 3.8) is 0 Å². The highest BCUT2D eigenvalue weighted by Crippen LogP contribution is 2.08. The van der Waals surface area contributed by atoms with Crippen LogP contribution in [0.1, 0.15) is 5.69 Å². The number of hydrogen-bond acceptors (Lipinski definition) is 2. The van der Waals surface area contributed by atoms with Crippen molar-refractivity contribution in [2.75, 3.05) is 0 Å². The van der Waals surface area contributed by atoms with E-state index >= 15 is 0 Å². The molecule has 53 valence electrons. The minimum Gasteiger partial charge on any atom is -0.155 e. The smallest absolute Gasteiger partial charge is 0.0936 e. The van der Waals surface area contributed by atoms with Gasteiger partial charge in [-0.1, -0.05) is 12.1 Å². The lowest BCUT2D eigenvalue weighted by atomic mass is 10.2. The third-order valence-corrected chi connectivity index (χ3v) is 1.53. The molecule has 0 aliphatic carbocycles. The molecule has 1 aromatic carbocycles. The molecule has 1 aromatic heterocycles. The summed E-state index contributed by atoms with van der Waals surface area (Å²) in [5.74, 6) is 0. The Bertz CT molecular complexity index is 382. The highest BCUT2D eigenvalue weighted by molar-refractivity contribution is 5.77. The molecule has 0 saturated carbocycles. The van der Waals surface area contributed by atoms with Crippen LogP contribution in [0.3, 0.4) is 0 Å². The second-order valence-corrected chi connectivity index (χ2v) is 2.45. The van der Waals surface area contributed by atoms with Crippen molar-refractivity contribution < 1.29 is 0 Å². The first-order chi connectivity index (χ1) is 5.36. The molecule has 0 bridgehead atoms. The predicted molar refractivity (Wildman–Crippen MR) is 43.1 cm³/mol. The molecule has 0 amide bonds. The topological polar surface area (TPSA) is 25.8 Å². The Labute approximate surface area is 64.9 Å². The van der Waals surface area contributed by atoms with Gasteiger partial charge >= 0.3 is 0 Å². The van der Waals surface area contributed by atoms with E-state index in [0.717, 1.165) is 16.6 Å². The molecule has 0 unspecified atom stereocenters. The Morgan fingerprint density at radius 1 is 1.36 bits per heavy atom. The van der Waals surface area contributed by atoms with Crippen LogP contribution in [0.5, 0.6) is 0 Å². The molecular weight excluding hydrogens is 136 g/mol. The van der Waals surface area contributed by atoms with E-state index in [1.54, 1.807) is 0 Å². The summed E-state index contributed by atoms with van der Waals surface area (Å²) in [6.07, 6.45) is 0. The number of benzene rings is 1. The van der Waals surface area contributed by atoms with Gasteiger partial charge in [0.15, 0.2) is 0 Å². The van der Waals surface area contributed by atoms with E-state index in [4.69, 9.17) is 0 Å². The molecule has 0 spiro atoms. The van der Waals surface area contributed by atoms with Gasteiger partial charge in [0, 0.05) is 5.39 Å². The number of rotatable bonds is 0. The zero-order valence-corrected chi connectivity index (χ0v) is 6.20. The summed E-state index contributed by atoms with van der Waals surface area (Å²) in [5, 5.41) is 8.96. The largest absolute Gasteiger partial charge is 0.155 e. The molecule has 2 heteroatoms. The van der Waals surface area contributed by atoms with Gasteiger partial charge in [-0.15, -0.1) is 0 Å². The molecule has 0 N–H and O–H groups in total. The fourth-order valence-electron chi connectivity index (χ4n) is 1.01. The van der Waals surface area contributed by atoms with Gasteiger partial charge in [-0.05, 0) is 25.1 Å². The van der Waals surface area contributed by atoms with E-state index in [9.17, 15) is 0 Å². The minimum atomic E-state index is 0.901. The van der Waals surface area contributed by atoms with Gasteiger partial charge in [-0.3, -0.25) is 0 Å². The lowest BCUT2D eigenvalue weighted by Gasteiger charge is -1.94. The number of fused-ring (bicyclic) bond motifs is 1. The maximum Gasteiger partial charge on any atom is 0.0936 e. The summed E-state index contributed by atoms with van der Waals surface area (Å²) in [5.41, 5.74) is 1.83. The molecule has 0 aliphatic rings. The Balaban J connectivity index is 2.83. The Kier molecular flexibility index (Phi) is 1.32. The molecule has 1 heterocycles. The highest BCUT2D eigenvalue weighted by Gasteiger charge is 1.92. The van der Waals surface area contributed by atoms with Gasteiger partial charge < -0.3 is 0 Å². The van der Waals surface area contributed by atoms with Gasteiger partial charge in [0.2, 0.25) is 0 Å². The van der Waals surface area contributed by atoms with Crippen LogP contribution in [0, 0.1) is 13.0 Å². The van der Waals surface area contributed by atoms with E-state index in [-0.39, 0.29) is 0 Å². The monoisotopic (exact) mass is 143 g/mol. The van der Waals surface area contributed by atoms with Gasteiger partial charge in [-0.2, -0.15) is 10.2 Å². The van der Waals surface area contributed by atoms with Crippen molar-refractivity contribution in [2.45, 2.75) is 6.92 Å². The standard InChI is InChI=1S/C9H7N2/c1-7-6-8-4-2-3-5-9(8)11-10-7/h2-3,5-6H,1H3. The predicted octanol–water partition coefficient (Wildman–Crippen LogP) is 1.74. The summed E-state index contributed by atoms with van der Waals surface area (Å²) in [6.45, 7) is 1.92. The number of aromatic nitrogens is 2. The third kappa shape index (κ3) is 1.07. The van der Waals surface area contributed by atoms with Crippen molar-refractivity contribution in [3.05, 3.63) is 36.0 Å². The summed E-state index contributed by atoms with van der Waals surface area (Å²) >= 11 is 0. The maximum absolute atomic E-state index is 4.00. The zero-order valence-electron chi connectivity index (χ0n) is 6.20. The second-order valence-electron chi connectivity index (χ2n) is 2.45. The van der Waals surface area contributed by atoms with Crippen LogP contribution in [-0.2, 0) is 0 Å². The van der Waals surface area contributed by atoms with Crippen molar-refractivity contribution in [2.24, 2.45) is 0 Å². The van der Waals surface area contributed by atoms with Crippen LogP contribution in [0.2, 0.25) is 0 Å². The SMILES string of the molecule is Cc1cc2[c]cccc2nn1. The molecule has 1 radical (unpaired) electrons. The molecule has 0 saturated heterocycles. The molecule has 0 aliphatic heterocycles. The molecular formula is C9H7N2. The zero-order chi connectivity index (χ0) is 7.68. The average molecular weight is 143 g/mol. The van der Waals surface area contributed by atoms with Gasteiger partial charge in [0.1, 0.15) is 0 Å². The first-order valence-corrected chi connectivity index (χ1v) is 3.47. The van der Waals surface area contributed by atoms with Crippen LogP contribution < -0.4 is 0 Å². The fourth-order valence-corrected chi connectivity index (χ4v) is 1.01. The number of hydrogen-bond donors (Lipinski definition) is 0. The average Bonchev–Trinajstić information content (AvgIpc) is 2.04. The summed E-state index contributed by atoms with van der Waals surface area (Å²) in [4.78, 5) is 0. The molecule has 2 rings (SSSR count). The molecule has 2 aromatic rings. The van der Waals surface area contributed by atoms with Gasteiger partial charge in [0.25, 0.3) is 0 Å². The quantitative estimate of drug-likeness (QED) is 0.561. The van der Waals surface area contributed by atoms with Gasteiger partial charge in [-0.25, -0.2) is 0 Å². The Morgan fingerprint density at radius 2 is 2.27 bits per heavy atom. The van der Waals surface area contributed by atoms with Crippen LogP contribution in [0.4, 0.5) is 0 Å². The lowest BCUT2D eigenvalue weighted by molar-refractivity contribution is 1.02. The number of nitrogens with zero attached hydrogens (tertiary/aromatic N) is 2. The second kappa shape index (κ2) is 2.31. The van der Waals surface area contributed by atoms with E-state index in [1.807, 2.05) is 31.2 Å². The summed E-state index contributed by atoms with van der Waals surface area (Å²) in [7, 11) is 0. The molecule has 2 nitrogen and oxygen atoms in total. The van der Waals surface area contributed by atoms with Crippen molar-refractivity contribution >= 4 is 10.9 Å². The summed E-state index contributed by atoms with van der Waals surface area (Å²) < 4.78 is 0. The normalized spacial score (nSPS) is 10.3. The van der Waals surface area contributed by atoms with E-state index in [1.165, 1.54) is 0 Å². The first-order valence-electron chi connectivity index (χ1n) is 3.47. The van der Waals surface area contributed by atoms with Crippen molar-refractivity contribution in [1.82, 2.24) is 10.2 Å². The van der Waals surface area contributed by atoms with E-state index in [0.29, 0.717) is 0 Å².